The van der Waals surface area contributed by atoms with E-state index >= 15 is 0 Å². The van der Waals surface area contributed by atoms with E-state index in [1.54, 1.807) is 4.90 Å². The molecule has 0 aromatic heterocycles. The molecule has 0 saturated carbocycles. The number of hydrogen-bond acceptors (Lipinski definition) is 2. The molecule has 1 heterocycles. The van der Waals surface area contributed by atoms with Crippen LogP contribution in [0.5, 0.6) is 0 Å². The van der Waals surface area contributed by atoms with Crippen LogP contribution < -0.4 is 0 Å². The lowest BCUT2D eigenvalue weighted by molar-refractivity contribution is 0.0279. The summed E-state index contributed by atoms with van der Waals surface area (Å²) in [5, 5.41) is 10.6. The number of ether oxygens (including phenoxy) is 1. The van der Waals surface area contributed by atoms with Crippen LogP contribution in [0.3, 0.4) is 0 Å². The Bertz CT molecular complexity index is 210. The monoisotopic (exact) mass is 200 g/mol. The molecule has 14 heavy (non-hydrogen) atoms. The van der Waals surface area contributed by atoms with Crippen molar-refractivity contribution in [3.8, 4) is 0 Å². The topological polar surface area (TPSA) is 49.4 Å². The maximum absolute atomic E-state index is 11.5. The van der Waals surface area contributed by atoms with E-state index in [0.29, 0.717) is 13.1 Å². The van der Waals surface area contributed by atoms with Crippen LogP contribution in [0.4, 0.5) is 4.79 Å². The first-order valence-electron chi connectivity index (χ1n) is 4.98. The highest BCUT2D eigenvalue weighted by molar-refractivity contribution is 5.68. The molecule has 4 heteroatoms. The van der Waals surface area contributed by atoms with Crippen LogP contribution in [0.1, 0.15) is 27.2 Å². The minimum Gasteiger partial charge on any atom is -0.444 e. The zero-order chi connectivity index (χ0) is 10.8. The third kappa shape index (κ3) is 3.18. The average Bonchev–Trinajstić information content (AvgIpc) is 2.48. The third-order valence-corrected chi connectivity index (χ3v) is 2.17. The number of carbonyl (C=O) groups excluding carboxylic acids is 1. The van der Waals surface area contributed by atoms with E-state index in [0.717, 1.165) is 6.42 Å². The van der Waals surface area contributed by atoms with Gasteiger partial charge in [-0.15, -0.1) is 0 Å². The molecule has 1 aliphatic rings. The lowest BCUT2D eigenvalue weighted by Crippen LogP contribution is -2.35. The van der Waals surface area contributed by atoms with Gasteiger partial charge in [-0.1, -0.05) is 0 Å². The van der Waals surface area contributed by atoms with Crippen molar-refractivity contribution in [3.05, 3.63) is 0 Å². The van der Waals surface area contributed by atoms with Crippen LogP contribution in [0, 0.1) is 5.92 Å². The molecular weight excluding hydrogens is 182 g/mol. The number of nitrogens with zero attached hydrogens (tertiary/aromatic N) is 1. The Morgan fingerprint density at radius 1 is 1.50 bits per heavy atom. The van der Waals surface area contributed by atoms with Crippen molar-refractivity contribution < 1.29 is 14.6 Å². The van der Waals surface area contributed by atoms with Gasteiger partial charge in [0, 0.05) is 19.0 Å². The summed E-state index contributed by atoms with van der Waals surface area (Å²) in [6.45, 7) is 6.63. The third-order valence-electron chi connectivity index (χ3n) is 2.17. The summed E-state index contributed by atoms with van der Waals surface area (Å²) < 4.78 is 5.20. The first-order chi connectivity index (χ1) is 6.42. The average molecular weight is 200 g/mol. The van der Waals surface area contributed by atoms with Gasteiger partial charge in [0.05, 0.1) is 6.61 Å². The second-order valence-corrected chi connectivity index (χ2v) is 4.75. The van der Waals surface area contributed by atoms with Crippen LogP contribution >= 0.6 is 0 Å². The normalized spacial score (nSPS) is 22.6. The Hall–Kier alpha value is -0.770. The molecule has 0 aromatic rings. The van der Waals surface area contributed by atoms with Crippen LogP contribution in [0.2, 0.25) is 0 Å². The molecule has 4 nitrogen and oxygen atoms in total. The molecule has 1 atom stereocenters. The summed E-state index contributed by atoms with van der Waals surface area (Å²) in [4.78, 5) is 13.1. The van der Waals surface area contributed by atoms with Gasteiger partial charge in [-0.05, 0) is 27.2 Å². The van der Waals surface area contributed by atoms with Gasteiger partial charge in [0.1, 0.15) is 5.60 Å². The molecule has 0 N–H and O–H groups in total. The number of rotatable bonds is 1. The van der Waals surface area contributed by atoms with Crippen molar-refractivity contribution in [2.75, 3.05) is 19.7 Å². The molecule has 1 amide bonds. The zero-order valence-corrected chi connectivity index (χ0v) is 9.08. The number of carbonyl (C=O) groups is 1. The maximum atomic E-state index is 11.5. The molecule has 1 fully saturated rings. The fourth-order valence-electron chi connectivity index (χ4n) is 1.46. The van der Waals surface area contributed by atoms with Gasteiger partial charge in [0.25, 0.3) is 0 Å². The standard InChI is InChI=1S/C10H18NO3/c1-10(2,3)14-9(13)11-5-4-8(6-11)7-12/h8H,4-7H2,1-3H3. The van der Waals surface area contributed by atoms with Gasteiger partial charge in [-0.25, -0.2) is 9.90 Å². The Balaban J connectivity index is 2.40. The summed E-state index contributed by atoms with van der Waals surface area (Å²) in [5.41, 5.74) is -0.452. The Morgan fingerprint density at radius 3 is 2.57 bits per heavy atom. The van der Waals surface area contributed by atoms with Crippen molar-refractivity contribution in [1.29, 1.82) is 0 Å². The van der Waals surface area contributed by atoms with Crippen molar-refractivity contribution >= 4 is 6.09 Å². The summed E-state index contributed by atoms with van der Waals surface area (Å²) in [6, 6.07) is 0. The molecule has 0 aromatic carbocycles. The minimum absolute atomic E-state index is 0.0979. The first-order valence-corrected chi connectivity index (χ1v) is 4.98. The van der Waals surface area contributed by atoms with Crippen molar-refractivity contribution in [2.45, 2.75) is 32.8 Å². The molecule has 0 aliphatic carbocycles. The van der Waals surface area contributed by atoms with E-state index in [4.69, 9.17) is 4.74 Å². The molecule has 1 aliphatic heterocycles. The highest BCUT2D eigenvalue weighted by Gasteiger charge is 2.29. The number of amides is 1. The van der Waals surface area contributed by atoms with Gasteiger partial charge >= 0.3 is 6.09 Å². The predicted molar refractivity (Wildman–Crippen MR) is 51.5 cm³/mol. The first kappa shape index (κ1) is 11.3. The van der Waals surface area contributed by atoms with Crippen LogP contribution in [0.15, 0.2) is 0 Å². The van der Waals surface area contributed by atoms with Gasteiger partial charge in [0.2, 0.25) is 0 Å². The predicted octanol–water partition coefficient (Wildman–Crippen LogP) is 1.67. The number of likely N-dealkylation sites (tertiary alicyclic amines) is 1. The Labute approximate surface area is 84.8 Å². The van der Waals surface area contributed by atoms with E-state index in [1.807, 2.05) is 20.8 Å². The Morgan fingerprint density at radius 2 is 2.14 bits per heavy atom. The molecular formula is C10H18NO3. The summed E-state index contributed by atoms with van der Waals surface area (Å²) in [5.74, 6) is 0.113. The van der Waals surface area contributed by atoms with E-state index in [9.17, 15) is 9.90 Å². The van der Waals surface area contributed by atoms with E-state index in [1.165, 1.54) is 0 Å². The molecule has 1 unspecified atom stereocenters. The quantitative estimate of drug-likeness (QED) is 0.646. The fraction of sp³-hybridized carbons (Fsp3) is 0.900. The van der Waals surface area contributed by atoms with Crippen LogP contribution in [0.25, 0.3) is 0 Å². The van der Waals surface area contributed by atoms with E-state index in [-0.39, 0.29) is 18.6 Å². The molecule has 1 radical (unpaired) electrons. The van der Waals surface area contributed by atoms with E-state index in [2.05, 4.69) is 0 Å². The van der Waals surface area contributed by atoms with Crippen LogP contribution in [-0.2, 0) is 9.84 Å². The second kappa shape index (κ2) is 4.17. The van der Waals surface area contributed by atoms with E-state index < -0.39 is 5.60 Å². The van der Waals surface area contributed by atoms with Crippen molar-refractivity contribution in [3.63, 3.8) is 0 Å². The summed E-state index contributed by atoms with van der Waals surface area (Å²) in [6.07, 6.45) is 0.511. The van der Waals surface area contributed by atoms with Crippen molar-refractivity contribution in [2.24, 2.45) is 5.92 Å². The fourth-order valence-corrected chi connectivity index (χ4v) is 1.46. The lowest BCUT2D eigenvalue weighted by Gasteiger charge is -2.24. The minimum atomic E-state index is -0.452. The maximum Gasteiger partial charge on any atom is 0.410 e. The van der Waals surface area contributed by atoms with Gasteiger partial charge in [-0.2, -0.15) is 0 Å². The zero-order valence-electron chi connectivity index (χ0n) is 9.08. The SMILES string of the molecule is CC(C)(C)OC(=O)N1CCC(C[O])C1. The molecule has 0 spiro atoms. The van der Waals surface area contributed by atoms with Gasteiger partial charge in [-0.3, -0.25) is 0 Å². The molecule has 1 saturated heterocycles. The molecule has 1 rings (SSSR count). The van der Waals surface area contributed by atoms with Gasteiger partial charge in [0.15, 0.2) is 0 Å². The highest BCUT2D eigenvalue weighted by atomic mass is 16.6. The smallest absolute Gasteiger partial charge is 0.410 e. The van der Waals surface area contributed by atoms with Crippen LogP contribution in [-0.4, -0.2) is 36.3 Å². The molecule has 81 valence electrons. The largest absolute Gasteiger partial charge is 0.444 e. The number of hydrogen-bond donors (Lipinski definition) is 0. The lowest BCUT2D eigenvalue weighted by atomic mass is 10.1. The molecule has 0 bridgehead atoms. The summed E-state index contributed by atoms with van der Waals surface area (Å²) >= 11 is 0. The second-order valence-electron chi connectivity index (χ2n) is 4.75. The van der Waals surface area contributed by atoms with Crippen molar-refractivity contribution in [1.82, 2.24) is 4.90 Å². The highest BCUT2D eigenvalue weighted by Crippen LogP contribution is 2.18. The van der Waals surface area contributed by atoms with Gasteiger partial charge < -0.3 is 9.64 Å². The summed E-state index contributed by atoms with van der Waals surface area (Å²) in [7, 11) is 0. The Kier molecular flexibility index (Phi) is 3.37.